The van der Waals surface area contributed by atoms with E-state index < -0.39 is 24.4 Å². The van der Waals surface area contributed by atoms with E-state index in [4.69, 9.17) is 149 Å². The summed E-state index contributed by atoms with van der Waals surface area (Å²) in [5, 5.41) is 63.8. The Balaban J connectivity index is 0.000000183. The third-order valence-corrected chi connectivity index (χ3v) is 28.8. The van der Waals surface area contributed by atoms with E-state index in [2.05, 4.69) is 61.3 Å². The van der Waals surface area contributed by atoms with E-state index in [1.807, 2.05) is 189 Å². The number of allylic oxidation sites excluding steroid dienone is 3. The van der Waals surface area contributed by atoms with Crippen LogP contribution in [0.25, 0.3) is 55.6 Å². The van der Waals surface area contributed by atoms with Crippen LogP contribution in [0.5, 0.6) is 0 Å². The first-order chi connectivity index (χ1) is 60.2. The number of fused-ring (bicyclic) bond motifs is 4. The number of carbonyl (C=O) groups is 1. The lowest BCUT2D eigenvalue weighted by Crippen LogP contribution is -2.54. The van der Waals surface area contributed by atoms with Crippen LogP contribution in [0, 0.1) is 46.3 Å². The van der Waals surface area contributed by atoms with Crippen LogP contribution in [0.15, 0.2) is 250 Å². The number of carbonyl (C=O) groups excluding carboxylic acids is 1. The molecule has 10 aromatic carbocycles. The van der Waals surface area contributed by atoms with Crippen molar-refractivity contribution in [3.63, 3.8) is 0 Å². The van der Waals surface area contributed by atoms with E-state index in [0.29, 0.717) is 117 Å². The molecule has 0 amide bonds. The highest BCUT2D eigenvalue weighted by molar-refractivity contribution is 6.94. The largest absolute Gasteiger partial charge is 0.396 e. The molecule has 6 saturated carbocycles. The van der Waals surface area contributed by atoms with Crippen molar-refractivity contribution >= 4 is 158 Å². The zero-order valence-corrected chi connectivity index (χ0v) is 81.6. The Kier molecular flexibility index (Phi) is 44.2. The molecule has 6 N–H and O–H groups in total. The monoisotopic (exact) mass is 1930 g/mol. The lowest BCUT2D eigenvalue weighted by molar-refractivity contribution is -0.0982. The highest BCUT2D eigenvalue weighted by Crippen LogP contribution is 2.66. The second kappa shape index (κ2) is 52.6. The number of ketones is 1. The molecule has 0 spiro atoms. The van der Waals surface area contributed by atoms with Crippen LogP contribution in [0.1, 0.15) is 201 Å². The van der Waals surface area contributed by atoms with Crippen molar-refractivity contribution in [3.05, 3.63) is 328 Å². The first-order valence-corrected chi connectivity index (χ1v) is 47.8. The van der Waals surface area contributed by atoms with Crippen LogP contribution < -0.4 is 0 Å². The van der Waals surface area contributed by atoms with Crippen LogP contribution in [-0.4, -0.2) is 63.0 Å². The van der Waals surface area contributed by atoms with Crippen LogP contribution >= 0.6 is 139 Å². The third kappa shape index (κ3) is 30.5. The van der Waals surface area contributed by atoms with Gasteiger partial charge in [0.25, 0.3) is 0 Å². The third-order valence-electron chi connectivity index (χ3n) is 25.4. The zero-order valence-electron chi connectivity index (χ0n) is 72.5. The fraction of sp³-hybridized carbons (Fsp3) is 0.362. The number of aliphatic hydroxyl groups is 6. The van der Waals surface area contributed by atoms with Gasteiger partial charge in [-0.15, -0.1) is 19.7 Å². The number of rotatable bonds is 29. The second-order valence-electron chi connectivity index (χ2n) is 34.2. The molecule has 10 aromatic rings. The van der Waals surface area contributed by atoms with E-state index in [-0.39, 0.29) is 19.0 Å². The smallest absolute Gasteiger partial charge is 0.242 e. The molecule has 0 aliphatic heterocycles. The summed E-state index contributed by atoms with van der Waals surface area (Å²) in [6.07, 6.45) is 17.5. The van der Waals surface area contributed by atoms with Gasteiger partial charge in [-0.3, -0.25) is 4.79 Å². The van der Waals surface area contributed by atoms with Crippen molar-refractivity contribution in [2.24, 2.45) is 46.3 Å². The highest BCUT2D eigenvalue weighted by Gasteiger charge is 2.57. The molecule has 12 atom stereocenters. The van der Waals surface area contributed by atoms with E-state index in [1.54, 1.807) is 54.6 Å². The molecule has 0 aromatic heterocycles. The fourth-order valence-corrected chi connectivity index (χ4v) is 20.5. The Hall–Kier alpha value is -5.54. The predicted octanol–water partition coefficient (Wildman–Crippen LogP) is 33.5. The molecule has 0 saturated heterocycles. The molecule has 126 heavy (non-hydrogen) atoms. The number of benzene rings is 10. The summed E-state index contributed by atoms with van der Waals surface area (Å²) >= 11 is 72.1. The molecule has 16 rings (SSSR count). The summed E-state index contributed by atoms with van der Waals surface area (Å²) in [5.74, 6) is 6.85. The molecule has 4 unspecified atom stereocenters. The van der Waals surface area contributed by atoms with Gasteiger partial charge in [0.05, 0.1) is 24.4 Å². The van der Waals surface area contributed by atoms with E-state index in [9.17, 15) is 25.2 Å². The summed E-state index contributed by atoms with van der Waals surface area (Å²) in [6, 6.07) is 65.5. The van der Waals surface area contributed by atoms with E-state index in [1.165, 1.54) is 25.7 Å². The maximum atomic E-state index is 11.9. The van der Waals surface area contributed by atoms with Crippen molar-refractivity contribution in [1.29, 1.82) is 0 Å². The fourth-order valence-electron chi connectivity index (χ4n) is 17.2. The number of aliphatic hydroxyl groups excluding tert-OH is 6. The SMILES string of the molecule is C=CCCC(=O)c1ccc(-c2ccc(Cl)cc2Cl)cc1.C=CCC[C@@H](O)c1ccc(-c2ccc(Cl)cc2Cl)cc1.C=CCC[C@H](O)c1ccc(-c2ccc(Cl)cc2Cl)cc1.C[C@@H]1C2CC(C[C@H]1[B]Cl)C2(C)C.C[C@H]1C2CC(C[C@@H]1[B]Cl)C2(C)C.OCCCC[C@@H](O)c1ccc(-c2ccc(Cl)cc2Cl)cc1.OCCCC[C@H](O)c1ccc(-c2ccc(Cl)cc2Cl)cc1. The van der Waals surface area contributed by atoms with Crippen LogP contribution in [0.2, 0.25) is 61.9 Å². The topological polar surface area (TPSA) is 138 Å². The number of unbranched alkanes of at least 4 members (excludes halogenated alkanes) is 2. The normalized spacial score (nSPS) is 19.1. The van der Waals surface area contributed by atoms with E-state index >= 15 is 0 Å². The first kappa shape index (κ1) is 106. The van der Waals surface area contributed by atoms with Crippen LogP contribution in [0.4, 0.5) is 0 Å². The Morgan fingerprint density at radius 3 is 0.825 bits per heavy atom. The first-order valence-electron chi connectivity index (χ1n) is 43.2. The molecular weight excluding hydrogens is 1820 g/mol. The molecule has 6 fully saturated rings. The van der Waals surface area contributed by atoms with E-state index in [0.717, 1.165) is 152 Å². The van der Waals surface area contributed by atoms with Gasteiger partial charge in [0, 0.05) is 103 Å². The van der Waals surface area contributed by atoms with Gasteiger partial charge in [0.1, 0.15) is 0 Å². The van der Waals surface area contributed by atoms with Crippen molar-refractivity contribution in [2.75, 3.05) is 13.2 Å². The van der Waals surface area contributed by atoms with Gasteiger partial charge in [-0.1, -0.05) is 340 Å². The van der Waals surface area contributed by atoms with Gasteiger partial charge in [-0.25, -0.2) is 22.9 Å². The second-order valence-corrected chi connectivity index (χ2v) is 38.9. The molecular formula is C105H116B2Cl12O7. The lowest BCUT2D eigenvalue weighted by atomic mass is 9.41. The molecule has 668 valence electrons. The summed E-state index contributed by atoms with van der Waals surface area (Å²) in [6.45, 7) is 29.5. The van der Waals surface area contributed by atoms with Gasteiger partial charge in [-0.05, 0) is 252 Å². The van der Waals surface area contributed by atoms with Gasteiger partial charge >= 0.3 is 0 Å². The summed E-state index contributed by atoms with van der Waals surface area (Å²) in [5.41, 5.74) is 15.0. The Morgan fingerprint density at radius 1 is 0.365 bits per heavy atom. The van der Waals surface area contributed by atoms with Crippen LogP contribution in [0.3, 0.4) is 0 Å². The summed E-state index contributed by atoms with van der Waals surface area (Å²) in [7, 11) is 0. The molecule has 7 nitrogen and oxygen atoms in total. The number of Topliss-reactive ketones (excluding diaryl/α,β-unsaturated/α-hetero) is 1. The zero-order chi connectivity index (χ0) is 92.0. The van der Waals surface area contributed by atoms with Gasteiger partial charge in [0.15, 0.2) is 5.78 Å². The minimum absolute atomic E-state index is 0.124. The van der Waals surface area contributed by atoms with Gasteiger partial charge in [0.2, 0.25) is 13.4 Å². The number of halogens is 12. The van der Waals surface area contributed by atoms with Gasteiger partial charge in [-0.2, -0.15) is 0 Å². The Morgan fingerprint density at radius 2 is 0.611 bits per heavy atom. The highest BCUT2D eigenvalue weighted by atomic mass is 35.5. The van der Waals surface area contributed by atoms with Gasteiger partial charge < -0.3 is 30.6 Å². The summed E-state index contributed by atoms with van der Waals surface area (Å²) < 4.78 is 0. The molecule has 21 heteroatoms. The minimum Gasteiger partial charge on any atom is -0.396 e. The Labute approximate surface area is 810 Å². The molecule has 6 aliphatic rings. The molecule has 2 radical (unpaired) electrons. The quantitative estimate of drug-likeness (QED) is 0.0119. The molecule has 6 aliphatic carbocycles. The average Bonchev–Trinajstić information content (AvgIpc) is 0.731. The van der Waals surface area contributed by atoms with Crippen molar-refractivity contribution in [2.45, 2.75) is 180 Å². The number of hydrogen-bond acceptors (Lipinski definition) is 7. The summed E-state index contributed by atoms with van der Waals surface area (Å²) in [4.78, 5) is 11.9. The standard InChI is InChI=1S/2C17H18Cl2O2.2C17H16Cl2O.C17H14Cl2O.2C10H17BCl/c2*18-14-8-9-15(16(19)11-14)12-4-6-13(7-5-12)17(21)3-1-2-10-20;3*1-2-3-4-17(20)13-7-5-12(6-8-13)15-10-9-14(18)11-16(15)19;2*1-6-8-4-7(10(8,2)3)5-9(6)11-12/h2*4-9,11,17,20-21H,1-3,10H2;2*2,5-11,17,20H,1,3-4H2;2,5-11H,1,3-4H2;2*6-9H,4-5H2,1-3H3/t4*17-;;2*6-,7?,8?,9-/m1010.10/s1. The molecule has 0 heterocycles. The number of hydrogen-bond donors (Lipinski definition) is 6. The van der Waals surface area contributed by atoms with Crippen LogP contribution in [-0.2, 0) is 0 Å². The van der Waals surface area contributed by atoms with Crippen molar-refractivity contribution < 1.29 is 35.4 Å². The predicted molar refractivity (Wildman–Crippen MR) is 543 cm³/mol. The van der Waals surface area contributed by atoms with Crippen molar-refractivity contribution in [1.82, 2.24) is 0 Å². The lowest BCUT2D eigenvalue weighted by Gasteiger charge is -2.62. The Bertz CT molecular complexity index is 4820. The minimum atomic E-state index is -0.494. The van der Waals surface area contributed by atoms with Crippen molar-refractivity contribution in [3.8, 4) is 55.6 Å². The molecule has 4 bridgehead atoms. The maximum Gasteiger partial charge on any atom is 0.242 e. The maximum absolute atomic E-state index is 11.9. The average molecular weight is 1940 g/mol.